The number of anilines is 1. The Hall–Kier alpha value is -2.22. The molecule has 0 atom stereocenters. The zero-order valence-electron chi connectivity index (χ0n) is 8.25. The second-order valence-corrected chi connectivity index (χ2v) is 3.13. The Labute approximate surface area is 99.5 Å². The van der Waals surface area contributed by atoms with Crippen LogP contribution in [0, 0.1) is 20.2 Å². The summed E-state index contributed by atoms with van der Waals surface area (Å²) >= 11 is 5.21. The van der Waals surface area contributed by atoms with Gasteiger partial charge in [-0.3, -0.25) is 25.0 Å². The van der Waals surface area contributed by atoms with Gasteiger partial charge in [-0.05, 0) is 6.07 Å². The van der Waals surface area contributed by atoms with Gasteiger partial charge in [-0.15, -0.1) is 11.6 Å². The summed E-state index contributed by atoms with van der Waals surface area (Å²) < 4.78 is 0. The number of benzene rings is 1. The lowest BCUT2D eigenvalue weighted by Crippen LogP contribution is -2.15. The molecule has 9 heteroatoms. The van der Waals surface area contributed by atoms with Crippen LogP contribution in [-0.2, 0) is 4.79 Å². The van der Waals surface area contributed by atoms with Gasteiger partial charge < -0.3 is 5.32 Å². The van der Waals surface area contributed by atoms with Crippen LogP contribution in [0.2, 0.25) is 0 Å². The molecule has 0 saturated carbocycles. The minimum atomic E-state index is -0.823. The molecule has 0 fully saturated rings. The molecule has 0 unspecified atom stereocenters. The van der Waals surface area contributed by atoms with E-state index in [4.69, 9.17) is 11.6 Å². The number of amides is 1. The molecule has 0 aliphatic heterocycles. The Kier molecular flexibility index (Phi) is 3.94. The molecule has 0 radical (unpaired) electrons. The van der Waals surface area contributed by atoms with E-state index in [0.29, 0.717) is 0 Å². The largest absolute Gasteiger partial charge is 0.314 e. The molecule has 0 aromatic heterocycles. The van der Waals surface area contributed by atoms with E-state index < -0.39 is 38.7 Å². The van der Waals surface area contributed by atoms with Crippen molar-refractivity contribution >= 4 is 34.6 Å². The van der Waals surface area contributed by atoms with Gasteiger partial charge in [0.25, 0.3) is 11.4 Å². The Morgan fingerprint density at radius 3 is 2.06 bits per heavy atom. The molecule has 1 aromatic carbocycles. The van der Waals surface area contributed by atoms with E-state index in [1.165, 1.54) is 0 Å². The second kappa shape index (κ2) is 5.21. The van der Waals surface area contributed by atoms with Crippen molar-refractivity contribution in [2.24, 2.45) is 0 Å². The Balaban J connectivity index is 3.33. The lowest BCUT2D eigenvalue weighted by atomic mass is 10.2. The van der Waals surface area contributed by atoms with Crippen LogP contribution in [0.5, 0.6) is 0 Å². The number of nitrogens with zero attached hydrogens (tertiary/aromatic N) is 2. The van der Waals surface area contributed by atoms with E-state index in [9.17, 15) is 25.0 Å². The molecule has 90 valence electrons. The third kappa shape index (κ3) is 2.88. The van der Waals surface area contributed by atoms with Gasteiger partial charge in [0.2, 0.25) is 5.91 Å². The molecule has 0 bridgehead atoms. The minimum absolute atomic E-state index is 0.455. The number of nitrogens with one attached hydrogen (secondary N) is 1. The highest BCUT2D eigenvalue weighted by molar-refractivity contribution is 6.29. The van der Waals surface area contributed by atoms with Gasteiger partial charge in [0.15, 0.2) is 5.69 Å². The summed E-state index contributed by atoms with van der Waals surface area (Å²) in [5.74, 6) is -1.22. The smallest absolute Gasteiger partial charge is 0.299 e. The van der Waals surface area contributed by atoms with Crippen LogP contribution in [0.4, 0.5) is 17.1 Å². The lowest BCUT2D eigenvalue weighted by molar-refractivity contribution is -0.392. The molecular formula is C8H6ClN3O5. The highest BCUT2D eigenvalue weighted by Gasteiger charge is 2.25. The molecule has 8 nitrogen and oxygen atoms in total. The van der Waals surface area contributed by atoms with Crippen LogP contribution in [0.1, 0.15) is 0 Å². The van der Waals surface area contributed by atoms with Gasteiger partial charge in [-0.2, -0.15) is 0 Å². The van der Waals surface area contributed by atoms with Gasteiger partial charge in [0.05, 0.1) is 9.85 Å². The zero-order chi connectivity index (χ0) is 13.0. The predicted octanol–water partition coefficient (Wildman–Crippen LogP) is 1.68. The quantitative estimate of drug-likeness (QED) is 0.502. The normalized spacial score (nSPS) is 9.71. The van der Waals surface area contributed by atoms with Crippen molar-refractivity contribution in [1.29, 1.82) is 0 Å². The summed E-state index contributed by atoms with van der Waals surface area (Å²) in [6, 6.07) is 3.26. The summed E-state index contributed by atoms with van der Waals surface area (Å²) in [6.45, 7) is 0. The van der Waals surface area contributed by atoms with E-state index in [0.717, 1.165) is 18.2 Å². The molecular weight excluding hydrogens is 254 g/mol. The second-order valence-electron chi connectivity index (χ2n) is 2.87. The van der Waals surface area contributed by atoms with Crippen LogP contribution in [-0.4, -0.2) is 21.6 Å². The van der Waals surface area contributed by atoms with E-state index in [2.05, 4.69) is 0 Å². The average molecular weight is 260 g/mol. The van der Waals surface area contributed by atoms with Gasteiger partial charge in [0, 0.05) is 12.1 Å². The summed E-state index contributed by atoms with van der Waals surface area (Å²) in [4.78, 5) is 30.7. The van der Waals surface area contributed by atoms with E-state index >= 15 is 0 Å². The van der Waals surface area contributed by atoms with Gasteiger partial charge in [0.1, 0.15) is 5.88 Å². The SMILES string of the molecule is O=C(CCl)Nc1c([N+](=O)[O-])cccc1[N+](=O)[O-]. The van der Waals surface area contributed by atoms with Crippen molar-refractivity contribution in [3.63, 3.8) is 0 Å². The maximum absolute atomic E-state index is 11.0. The first kappa shape index (κ1) is 12.8. The van der Waals surface area contributed by atoms with E-state index in [-0.39, 0.29) is 0 Å². The maximum Gasteiger partial charge on any atom is 0.299 e. The van der Waals surface area contributed by atoms with Crippen molar-refractivity contribution in [3.05, 3.63) is 38.4 Å². The standard InChI is InChI=1S/C8H6ClN3O5/c9-4-7(13)10-8-5(11(14)15)2-1-3-6(8)12(16)17/h1-3H,4H2,(H,10,13). The average Bonchev–Trinajstić information content (AvgIpc) is 2.28. The molecule has 0 saturated heterocycles. The minimum Gasteiger partial charge on any atom is -0.314 e. The topological polar surface area (TPSA) is 115 Å². The van der Waals surface area contributed by atoms with E-state index in [1.807, 2.05) is 5.32 Å². The van der Waals surface area contributed by atoms with E-state index in [1.54, 1.807) is 0 Å². The van der Waals surface area contributed by atoms with Crippen LogP contribution < -0.4 is 5.32 Å². The number of carbonyl (C=O) groups excluding carboxylic acids is 1. The molecule has 1 N–H and O–H groups in total. The molecule has 0 aliphatic rings. The number of alkyl halides is 1. The highest BCUT2D eigenvalue weighted by Crippen LogP contribution is 2.33. The highest BCUT2D eigenvalue weighted by atomic mass is 35.5. The Morgan fingerprint density at radius 2 is 1.71 bits per heavy atom. The fraction of sp³-hybridized carbons (Fsp3) is 0.125. The molecule has 1 aromatic rings. The Bertz CT molecular complexity index is 458. The summed E-state index contributed by atoms with van der Waals surface area (Å²) in [5.41, 5.74) is -1.58. The number of nitro groups is 2. The lowest BCUT2D eigenvalue weighted by Gasteiger charge is -2.04. The Morgan fingerprint density at radius 1 is 1.24 bits per heavy atom. The molecule has 0 aliphatic carbocycles. The fourth-order valence-corrected chi connectivity index (χ4v) is 1.20. The van der Waals surface area contributed by atoms with Gasteiger partial charge in [-0.1, -0.05) is 0 Å². The number of halogens is 1. The fourth-order valence-electron chi connectivity index (χ4n) is 1.13. The predicted molar refractivity (Wildman–Crippen MR) is 59.1 cm³/mol. The van der Waals surface area contributed by atoms with Crippen LogP contribution in [0.25, 0.3) is 0 Å². The van der Waals surface area contributed by atoms with Crippen molar-refractivity contribution in [1.82, 2.24) is 0 Å². The first-order valence-corrected chi connectivity index (χ1v) is 4.78. The molecule has 1 rings (SSSR count). The third-order valence-corrected chi connectivity index (χ3v) is 2.04. The first-order valence-electron chi connectivity index (χ1n) is 4.25. The third-order valence-electron chi connectivity index (χ3n) is 1.80. The monoisotopic (exact) mass is 259 g/mol. The van der Waals surface area contributed by atoms with Crippen molar-refractivity contribution < 1.29 is 14.6 Å². The molecule has 0 spiro atoms. The van der Waals surface area contributed by atoms with Gasteiger partial charge in [-0.25, -0.2) is 0 Å². The number of carbonyl (C=O) groups is 1. The van der Waals surface area contributed by atoms with Crippen LogP contribution in [0.3, 0.4) is 0 Å². The number of hydrogen-bond acceptors (Lipinski definition) is 5. The molecule has 1 amide bonds. The number of hydrogen-bond donors (Lipinski definition) is 1. The van der Waals surface area contributed by atoms with Crippen LogP contribution in [0.15, 0.2) is 18.2 Å². The van der Waals surface area contributed by atoms with Crippen molar-refractivity contribution in [3.8, 4) is 0 Å². The summed E-state index contributed by atoms with van der Waals surface area (Å²) in [5, 5.41) is 23.4. The first-order chi connectivity index (χ1) is 7.97. The summed E-state index contributed by atoms with van der Waals surface area (Å²) in [7, 11) is 0. The number of para-hydroxylation sites is 1. The molecule has 0 heterocycles. The number of rotatable bonds is 4. The maximum atomic E-state index is 11.0. The number of nitro benzene ring substituents is 2. The van der Waals surface area contributed by atoms with Crippen molar-refractivity contribution in [2.45, 2.75) is 0 Å². The zero-order valence-corrected chi connectivity index (χ0v) is 9.01. The van der Waals surface area contributed by atoms with Crippen molar-refractivity contribution in [2.75, 3.05) is 11.2 Å². The van der Waals surface area contributed by atoms with Crippen LogP contribution >= 0.6 is 11.6 Å². The van der Waals surface area contributed by atoms with Gasteiger partial charge >= 0.3 is 0 Å². The molecule has 17 heavy (non-hydrogen) atoms. The summed E-state index contributed by atoms with van der Waals surface area (Å²) in [6.07, 6.45) is 0.